The van der Waals surface area contributed by atoms with E-state index in [2.05, 4.69) is 5.10 Å². The van der Waals surface area contributed by atoms with Crippen LogP contribution in [0.15, 0.2) is 5.10 Å². The summed E-state index contributed by atoms with van der Waals surface area (Å²) in [5.41, 5.74) is 0.227. The molecule has 0 saturated heterocycles. The Morgan fingerprint density at radius 1 is 1.44 bits per heavy atom. The molecule has 1 aliphatic heterocycles. The minimum Gasteiger partial charge on any atom is -0.460 e. The van der Waals surface area contributed by atoms with Crippen molar-refractivity contribution in [1.82, 2.24) is 5.01 Å². The normalized spacial score (nSPS) is 17.1. The predicted molar refractivity (Wildman–Crippen MR) is 59.9 cm³/mol. The molecule has 0 aromatic rings. The molecule has 0 aromatic carbocycles. The van der Waals surface area contributed by atoms with Gasteiger partial charge < -0.3 is 4.74 Å². The lowest BCUT2D eigenvalue weighted by Gasteiger charge is -2.22. The smallest absolute Gasteiger partial charge is 0.312 e. The van der Waals surface area contributed by atoms with Gasteiger partial charge in [-0.2, -0.15) is 5.10 Å². The van der Waals surface area contributed by atoms with Gasteiger partial charge in [0.2, 0.25) is 5.91 Å². The molecule has 0 N–H and O–H groups in total. The third kappa shape index (κ3) is 4.00. The number of esters is 1. The third-order valence-corrected chi connectivity index (χ3v) is 2.05. The Hall–Kier alpha value is -1.39. The van der Waals surface area contributed by atoms with Crippen LogP contribution in [0.3, 0.4) is 0 Å². The first-order valence-electron chi connectivity index (χ1n) is 5.33. The van der Waals surface area contributed by atoms with E-state index >= 15 is 0 Å². The highest BCUT2D eigenvalue weighted by atomic mass is 16.6. The van der Waals surface area contributed by atoms with Gasteiger partial charge in [-0.05, 0) is 27.2 Å². The summed E-state index contributed by atoms with van der Waals surface area (Å²) < 4.78 is 5.18. The van der Waals surface area contributed by atoms with E-state index in [1.54, 1.807) is 7.05 Å². The lowest BCUT2D eigenvalue weighted by Crippen LogP contribution is -2.31. The molecule has 5 nitrogen and oxygen atoms in total. The maximum Gasteiger partial charge on any atom is 0.312 e. The number of hydrogen-bond donors (Lipinski definition) is 0. The zero-order valence-electron chi connectivity index (χ0n) is 10.2. The standard InChI is InChI=1S/C11H18N2O3/c1-11(2,3)16-10(15)7-8-5-6-9(14)13(4)12-8/h5-7H2,1-4H3. The van der Waals surface area contributed by atoms with Crippen molar-refractivity contribution in [3.63, 3.8) is 0 Å². The molecule has 0 saturated carbocycles. The van der Waals surface area contributed by atoms with Gasteiger partial charge in [0.1, 0.15) is 5.60 Å². The van der Waals surface area contributed by atoms with Gasteiger partial charge in [0.25, 0.3) is 0 Å². The number of carbonyl (C=O) groups excluding carboxylic acids is 2. The minimum absolute atomic E-state index is 0.0204. The molecule has 1 amide bonds. The van der Waals surface area contributed by atoms with Crippen molar-refractivity contribution < 1.29 is 14.3 Å². The average molecular weight is 226 g/mol. The minimum atomic E-state index is -0.478. The van der Waals surface area contributed by atoms with E-state index in [0.29, 0.717) is 18.6 Å². The van der Waals surface area contributed by atoms with E-state index in [4.69, 9.17) is 4.74 Å². The summed E-state index contributed by atoms with van der Waals surface area (Å²) in [7, 11) is 1.59. The summed E-state index contributed by atoms with van der Waals surface area (Å²) in [6.07, 6.45) is 1.12. The topological polar surface area (TPSA) is 59.0 Å². The van der Waals surface area contributed by atoms with Crippen LogP contribution >= 0.6 is 0 Å². The van der Waals surface area contributed by atoms with Gasteiger partial charge >= 0.3 is 5.97 Å². The molecular formula is C11H18N2O3. The fourth-order valence-electron chi connectivity index (χ4n) is 1.40. The Morgan fingerprint density at radius 2 is 2.06 bits per heavy atom. The van der Waals surface area contributed by atoms with E-state index in [-0.39, 0.29) is 18.3 Å². The second-order valence-electron chi connectivity index (χ2n) is 4.85. The van der Waals surface area contributed by atoms with Crippen LogP contribution in [0.25, 0.3) is 0 Å². The van der Waals surface area contributed by atoms with Gasteiger partial charge in [0, 0.05) is 13.5 Å². The molecule has 0 fully saturated rings. The van der Waals surface area contributed by atoms with Crippen molar-refractivity contribution in [2.75, 3.05) is 7.05 Å². The zero-order chi connectivity index (χ0) is 12.3. The SMILES string of the molecule is CN1N=C(CC(=O)OC(C)(C)C)CCC1=O. The monoisotopic (exact) mass is 226 g/mol. The number of amides is 1. The molecule has 1 aliphatic rings. The van der Waals surface area contributed by atoms with Crippen molar-refractivity contribution >= 4 is 17.6 Å². The number of hydrazone groups is 1. The summed E-state index contributed by atoms with van der Waals surface area (Å²) in [6, 6.07) is 0. The fourth-order valence-corrected chi connectivity index (χ4v) is 1.40. The molecule has 0 aliphatic carbocycles. The summed E-state index contributed by atoms with van der Waals surface area (Å²) >= 11 is 0. The van der Waals surface area contributed by atoms with Gasteiger partial charge in [0.05, 0.1) is 12.1 Å². The van der Waals surface area contributed by atoms with Crippen LogP contribution in [0.1, 0.15) is 40.0 Å². The molecule has 5 heteroatoms. The molecule has 90 valence electrons. The molecule has 0 radical (unpaired) electrons. The van der Waals surface area contributed by atoms with Crippen LogP contribution in [-0.2, 0) is 14.3 Å². The molecule has 1 rings (SSSR count). The lowest BCUT2D eigenvalue weighted by molar-refractivity contribution is -0.153. The highest BCUT2D eigenvalue weighted by Gasteiger charge is 2.22. The zero-order valence-corrected chi connectivity index (χ0v) is 10.2. The summed E-state index contributed by atoms with van der Waals surface area (Å²) in [6.45, 7) is 5.47. The molecule has 0 spiro atoms. The summed E-state index contributed by atoms with van der Waals surface area (Å²) in [5.74, 6) is -0.318. The number of hydrogen-bond acceptors (Lipinski definition) is 4. The van der Waals surface area contributed by atoms with Crippen LogP contribution in [0.5, 0.6) is 0 Å². The third-order valence-electron chi connectivity index (χ3n) is 2.05. The number of ether oxygens (including phenoxy) is 1. The highest BCUT2D eigenvalue weighted by molar-refractivity contribution is 6.02. The Labute approximate surface area is 95.4 Å². The number of rotatable bonds is 2. The van der Waals surface area contributed by atoms with Crippen molar-refractivity contribution in [2.45, 2.75) is 45.6 Å². The molecule has 0 bridgehead atoms. The van der Waals surface area contributed by atoms with Crippen molar-refractivity contribution in [2.24, 2.45) is 5.10 Å². The number of nitrogens with zero attached hydrogens (tertiary/aromatic N) is 2. The van der Waals surface area contributed by atoms with E-state index in [1.807, 2.05) is 20.8 Å². The van der Waals surface area contributed by atoms with Crippen LogP contribution in [0, 0.1) is 0 Å². The lowest BCUT2D eigenvalue weighted by atomic mass is 10.1. The van der Waals surface area contributed by atoms with E-state index < -0.39 is 5.60 Å². The molecule has 0 atom stereocenters. The van der Waals surface area contributed by atoms with E-state index in [1.165, 1.54) is 5.01 Å². The summed E-state index contributed by atoms with van der Waals surface area (Å²) in [5, 5.41) is 5.31. The Balaban J connectivity index is 2.52. The Kier molecular flexibility index (Phi) is 3.67. The molecule has 0 unspecified atom stereocenters. The predicted octanol–water partition coefficient (Wildman–Crippen LogP) is 1.33. The maximum atomic E-state index is 11.5. The second-order valence-corrected chi connectivity index (χ2v) is 4.85. The van der Waals surface area contributed by atoms with E-state index in [0.717, 1.165) is 0 Å². The number of carbonyl (C=O) groups is 2. The van der Waals surface area contributed by atoms with Crippen molar-refractivity contribution in [3.05, 3.63) is 0 Å². The highest BCUT2D eigenvalue weighted by Crippen LogP contribution is 2.13. The van der Waals surface area contributed by atoms with Crippen LogP contribution in [0.2, 0.25) is 0 Å². The summed E-state index contributed by atoms with van der Waals surface area (Å²) in [4.78, 5) is 22.7. The van der Waals surface area contributed by atoms with Crippen molar-refractivity contribution in [1.29, 1.82) is 0 Å². The Bertz CT molecular complexity index is 329. The molecule has 0 aromatic heterocycles. The first-order chi connectivity index (χ1) is 7.28. The van der Waals surface area contributed by atoms with Crippen molar-refractivity contribution in [3.8, 4) is 0 Å². The van der Waals surface area contributed by atoms with Gasteiger partial charge in [-0.25, -0.2) is 5.01 Å². The van der Waals surface area contributed by atoms with Crippen LogP contribution in [0.4, 0.5) is 0 Å². The largest absolute Gasteiger partial charge is 0.460 e. The second kappa shape index (κ2) is 4.63. The van der Waals surface area contributed by atoms with Gasteiger partial charge in [-0.3, -0.25) is 9.59 Å². The fraction of sp³-hybridized carbons (Fsp3) is 0.727. The molecular weight excluding hydrogens is 208 g/mol. The maximum absolute atomic E-state index is 11.5. The molecule has 16 heavy (non-hydrogen) atoms. The van der Waals surface area contributed by atoms with Gasteiger partial charge in [0.15, 0.2) is 0 Å². The Morgan fingerprint density at radius 3 is 2.56 bits per heavy atom. The van der Waals surface area contributed by atoms with Crippen LogP contribution in [-0.4, -0.2) is 35.2 Å². The molecule has 1 heterocycles. The van der Waals surface area contributed by atoms with Gasteiger partial charge in [-0.15, -0.1) is 0 Å². The van der Waals surface area contributed by atoms with E-state index in [9.17, 15) is 9.59 Å². The average Bonchev–Trinajstić information content (AvgIpc) is 2.08. The first-order valence-corrected chi connectivity index (χ1v) is 5.33. The first kappa shape index (κ1) is 12.7. The van der Waals surface area contributed by atoms with Crippen LogP contribution < -0.4 is 0 Å². The quantitative estimate of drug-likeness (QED) is 0.667. The van der Waals surface area contributed by atoms with Gasteiger partial charge in [-0.1, -0.05) is 0 Å².